The van der Waals surface area contributed by atoms with E-state index in [2.05, 4.69) is 38.2 Å². The van der Waals surface area contributed by atoms with Crippen LogP contribution in [0.3, 0.4) is 0 Å². The van der Waals surface area contributed by atoms with Gasteiger partial charge in [-0.1, -0.05) is 39.0 Å². The molecule has 1 amide bonds. The summed E-state index contributed by atoms with van der Waals surface area (Å²) in [6, 6.07) is 10.9. The van der Waals surface area contributed by atoms with E-state index in [1.54, 1.807) is 18.2 Å². The first kappa shape index (κ1) is 25.3. The Morgan fingerprint density at radius 1 is 0.971 bits per heavy atom. The van der Waals surface area contributed by atoms with Crippen LogP contribution in [0.1, 0.15) is 63.1 Å². The fourth-order valence-electron chi connectivity index (χ4n) is 3.61. The van der Waals surface area contributed by atoms with E-state index >= 15 is 0 Å². The van der Waals surface area contributed by atoms with Crippen LogP contribution in [0.15, 0.2) is 41.8 Å². The van der Waals surface area contributed by atoms with Gasteiger partial charge in [-0.2, -0.15) is 0 Å². The number of anilines is 1. The van der Waals surface area contributed by atoms with Gasteiger partial charge in [-0.3, -0.25) is 4.79 Å². The van der Waals surface area contributed by atoms with Crippen molar-refractivity contribution < 1.29 is 23.8 Å². The number of esters is 1. The molecule has 0 spiro atoms. The van der Waals surface area contributed by atoms with Gasteiger partial charge in [0, 0.05) is 12.1 Å². The van der Waals surface area contributed by atoms with E-state index in [0.717, 1.165) is 16.7 Å². The molecule has 1 aromatic heterocycles. The zero-order valence-electron chi connectivity index (χ0n) is 20.7. The molecule has 180 valence electrons. The zero-order valence-corrected chi connectivity index (χ0v) is 21.5. The summed E-state index contributed by atoms with van der Waals surface area (Å²) in [6.45, 7) is 10.7. The minimum Gasteiger partial charge on any atom is -0.493 e. The monoisotopic (exact) mass is 481 g/mol. The van der Waals surface area contributed by atoms with Gasteiger partial charge in [-0.05, 0) is 53.0 Å². The van der Waals surface area contributed by atoms with Crippen LogP contribution in [0.2, 0.25) is 0 Å². The molecule has 0 bridgehead atoms. The van der Waals surface area contributed by atoms with Crippen molar-refractivity contribution >= 4 is 28.9 Å². The highest BCUT2D eigenvalue weighted by Gasteiger charge is 2.22. The van der Waals surface area contributed by atoms with Gasteiger partial charge in [0.2, 0.25) is 0 Å². The van der Waals surface area contributed by atoms with Gasteiger partial charge in [0.1, 0.15) is 6.61 Å². The minimum atomic E-state index is -0.568. The number of aryl methyl sites for hydroxylation is 2. The minimum absolute atomic E-state index is 0.0278. The van der Waals surface area contributed by atoms with Gasteiger partial charge < -0.3 is 19.5 Å². The first-order chi connectivity index (χ1) is 16.0. The van der Waals surface area contributed by atoms with E-state index in [9.17, 15) is 9.59 Å². The molecule has 3 rings (SSSR count). The molecule has 34 heavy (non-hydrogen) atoms. The maximum absolute atomic E-state index is 13.2. The van der Waals surface area contributed by atoms with Crippen molar-refractivity contribution in [1.82, 2.24) is 0 Å². The predicted octanol–water partition coefficient (Wildman–Crippen LogP) is 6.29. The number of benzene rings is 2. The molecular formula is C27H31NO5S. The van der Waals surface area contributed by atoms with Crippen molar-refractivity contribution in [3.05, 3.63) is 74.5 Å². The highest BCUT2D eigenvalue weighted by Crippen LogP contribution is 2.35. The van der Waals surface area contributed by atoms with Crippen LogP contribution in [0, 0.1) is 13.8 Å². The summed E-state index contributed by atoms with van der Waals surface area (Å²) in [7, 11) is 2.98. The second-order valence-electron chi connectivity index (χ2n) is 9.10. The van der Waals surface area contributed by atoms with Gasteiger partial charge in [-0.15, -0.1) is 11.3 Å². The number of thiophene rings is 1. The molecule has 0 atom stereocenters. The largest absolute Gasteiger partial charge is 0.493 e. The summed E-state index contributed by atoms with van der Waals surface area (Å²) in [4.78, 5) is 26.3. The smallest absolute Gasteiger partial charge is 0.340 e. The standard InChI is InChI=1S/C27H31NO5S/c1-16-11-18(27(3,4)5)12-17(2)20(16)15-33-26(30)19-13-22(31-6)23(32-7)14-21(19)28-25(29)24-9-8-10-34-24/h8-14H,15H2,1-7H3,(H,28,29). The normalized spacial score (nSPS) is 11.1. The third-order valence-corrected chi connectivity index (χ3v) is 6.52. The maximum Gasteiger partial charge on any atom is 0.340 e. The Balaban J connectivity index is 1.89. The highest BCUT2D eigenvalue weighted by molar-refractivity contribution is 7.12. The Morgan fingerprint density at radius 3 is 2.12 bits per heavy atom. The first-order valence-corrected chi connectivity index (χ1v) is 11.8. The van der Waals surface area contributed by atoms with Crippen molar-refractivity contribution in [3.8, 4) is 11.5 Å². The fourth-order valence-corrected chi connectivity index (χ4v) is 4.23. The number of hydrogen-bond acceptors (Lipinski definition) is 6. The average Bonchev–Trinajstić information content (AvgIpc) is 3.32. The lowest BCUT2D eigenvalue weighted by Gasteiger charge is -2.22. The van der Waals surface area contributed by atoms with Crippen LogP contribution < -0.4 is 14.8 Å². The predicted molar refractivity (Wildman–Crippen MR) is 136 cm³/mol. The lowest BCUT2D eigenvalue weighted by atomic mass is 9.84. The number of nitrogens with one attached hydrogen (secondary N) is 1. The molecule has 7 heteroatoms. The lowest BCUT2D eigenvalue weighted by molar-refractivity contribution is 0.0472. The maximum atomic E-state index is 13.2. The first-order valence-electron chi connectivity index (χ1n) is 10.9. The third-order valence-electron chi connectivity index (χ3n) is 5.65. The van der Waals surface area contributed by atoms with Crippen LogP contribution in [0.25, 0.3) is 0 Å². The van der Waals surface area contributed by atoms with Crippen molar-refractivity contribution in [2.75, 3.05) is 19.5 Å². The summed E-state index contributed by atoms with van der Waals surface area (Å²) in [5.41, 5.74) is 4.83. The van der Waals surface area contributed by atoms with Crippen LogP contribution in [0.4, 0.5) is 5.69 Å². The zero-order chi connectivity index (χ0) is 25.0. The quantitative estimate of drug-likeness (QED) is 0.402. The van der Waals surface area contributed by atoms with E-state index in [1.165, 1.54) is 37.2 Å². The van der Waals surface area contributed by atoms with Gasteiger partial charge in [-0.25, -0.2) is 4.79 Å². The lowest BCUT2D eigenvalue weighted by Crippen LogP contribution is -2.16. The van der Waals surface area contributed by atoms with Gasteiger partial charge in [0.05, 0.1) is 30.3 Å². The number of carbonyl (C=O) groups excluding carboxylic acids is 2. The molecule has 0 saturated heterocycles. The Labute approximate surface area is 204 Å². The second kappa shape index (κ2) is 10.3. The number of carbonyl (C=O) groups is 2. The topological polar surface area (TPSA) is 73.9 Å². The van der Waals surface area contributed by atoms with E-state index < -0.39 is 5.97 Å². The van der Waals surface area contributed by atoms with Crippen LogP contribution in [-0.2, 0) is 16.8 Å². The number of rotatable bonds is 7. The number of methoxy groups -OCH3 is 2. The summed E-state index contributed by atoms with van der Waals surface area (Å²) >= 11 is 1.31. The molecule has 6 nitrogen and oxygen atoms in total. The molecular weight excluding hydrogens is 450 g/mol. The Hall–Kier alpha value is -3.32. The molecule has 0 unspecified atom stereocenters. The SMILES string of the molecule is COc1cc(NC(=O)c2cccs2)c(C(=O)OCc2c(C)cc(C(C)(C)C)cc2C)cc1OC. The molecule has 0 aliphatic carbocycles. The molecule has 0 fully saturated rings. The van der Waals surface area contributed by atoms with Gasteiger partial charge >= 0.3 is 5.97 Å². The second-order valence-corrected chi connectivity index (χ2v) is 10.0. The van der Waals surface area contributed by atoms with Crippen molar-refractivity contribution in [1.29, 1.82) is 0 Å². The molecule has 0 saturated carbocycles. The average molecular weight is 482 g/mol. The van der Waals surface area contributed by atoms with E-state index in [0.29, 0.717) is 16.4 Å². The van der Waals surface area contributed by atoms with E-state index in [4.69, 9.17) is 14.2 Å². The summed E-state index contributed by atoms with van der Waals surface area (Å²) < 4.78 is 16.4. The fraction of sp³-hybridized carbons (Fsp3) is 0.333. The molecule has 0 radical (unpaired) electrons. The third kappa shape index (κ3) is 5.59. The Kier molecular flexibility index (Phi) is 7.67. The molecule has 0 aliphatic heterocycles. The highest BCUT2D eigenvalue weighted by atomic mass is 32.1. The van der Waals surface area contributed by atoms with Crippen LogP contribution >= 0.6 is 11.3 Å². The Morgan fingerprint density at radius 2 is 1.59 bits per heavy atom. The Bertz CT molecular complexity index is 1170. The van der Waals surface area contributed by atoms with Gasteiger partial charge in [0.25, 0.3) is 5.91 Å². The van der Waals surface area contributed by atoms with Crippen LogP contribution in [-0.4, -0.2) is 26.1 Å². The molecule has 3 aromatic rings. The van der Waals surface area contributed by atoms with Crippen LogP contribution in [0.5, 0.6) is 11.5 Å². The molecule has 1 heterocycles. The molecule has 1 N–H and O–H groups in total. The molecule has 2 aromatic carbocycles. The summed E-state index contributed by atoms with van der Waals surface area (Å²) in [5.74, 6) is -0.127. The summed E-state index contributed by atoms with van der Waals surface area (Å²) in [6.07, 6.45) is 0. The van der Waals surface area contributed by atoms with Gasteiger partial charge in [0.15, 0.2) is 11.5 Å². The summed E-state index contributed by atoms with van der Waals surface area (Å²) in [5, 5.41) is 4.61. The van der Waals surface area contributed by atoms with E-state index in [1.807, 2.05) is 19.2 Å². The molecule has 0 aliphatic rings. The number of ether oxygens (including phenoxy) is 3. The number of amides is 1. The van der Waals surface area contributed by atoms with Crippen molar-refractivity contribution in [3.63, 3.8) is 0 Å². The number of hydrogen-bond donors (Lipinski definition) is 1. The van der Waals surface area contributed by atoms with Crippen molar-refractivity contribution in [2.45, 2.75) is 46.6 Å². The van der Waals surface area contributed by atoms with E-state index in [-0.39, 0.29) is 29.2 Å². The van der Waals surface area contributed by atoms with Crippen molar-refractivity contribution in [2.24, 2.45) is 0 Å².